The molecule has 0 fully saturated rings. The van der Waals surface area contributed by atoms with Crippen LogP contribution in [0.2, 0.25) is 0 Å². The highest BCUT2D eigenvalue weighted by Crippen LogP contribution is 2.26. The van der Waals surface area contributed by atoms with E-state index in [-0.39, 0.29) is 42.6 Å². The molecule has 57 heavy (non-hydrogen) atoms. The number of nitrogens with zero attached hydrogens (tertiary/aromatic N) is 3. The molecule has 11 nitrogen and oxygen atoms in total. The molecule has 0 aliphatic carbocycles. The number of carbonyl (C=O) groups excluding carboxylic acids is 5. The fourth-order valence-corrected chi connectivity index (χ4v) is 6.79. The Balaban J connectivity index is 1.93. The van der Waals surface area contributed by atoms with E-state index in [1.807, 2.05) is 90.1 Å². The van der Waals surface area contributed by atoms with Crippen molar-refractivity contribution >= 4 is 29.5 Å². The molecule has 0 aliphatic rings. The number of Topliss-reactive ketones (excluding diaryl/α,β-unsaturated/α-hetero) is 1. The van der Waals surface area contributed by atoms with Gasteiger partial charge in [-0.2, -0.15) is 0 Å². The predicted octanol–water partition coefficient (Wildman–Crippen LogP) is 5.98. The highest BCUT2D eigenvalue weighted by Gasteiger charge is 2.40. The number of esters is 2. The Kier molecular flexibility index (Phi) is 17.5. The molecular formula is C46H63N3O8. The lowest BCUT2D eigenvalue weighted by atomic mass is 9.85. The van der Waals surface area contributed by atoms with E-state index in [1.54, 1.807) is 31.1 Å². The minimum atomic E-state index is -1.08. The topological polar surface area (TPSA) is 134 Å². The molecule has 0 saturated carbocycles. The van der Waals surface area contributed by atoms with Gasteiger partial charge in [0.25, 0.3) is 0 Å². The zero-order chi connectivity index (χ0) is 42.6. The molecule has 11 heteroatoms. The Morgan fingerprint density at radius 1 is 0.632 bits per heavy atom. The number of carbonyl (C=O) groups is 5. The van der Waals surface area contributed by atoms with Gasteiger partial charge in [0.2, 0.25) is 11.8 Å². The zero-order valence-corrected chi connectivity index (χ0v) is 35.7. The van der Waals surface area contributed by atoms with Gasteiger partial charge in [-0.15, -0.1) is 0 Å². The van der Waals surface area contributed by atoms with Gasteiger partial charge in [-0.1, -0.05) is 99.5 Å². The number of amides is 2. The van der Waals surface area contributed by atoms with E-state index in [0.717, 1.165) is 22.3 Å². The van der Waals surface area contributed by atoms with Gasteiger partial charge in [-0.25, -0.2) is 4.79 Å². The average Bonchev–Trinajstić information content (AvgIpc) is 3.19. The van der Waals surface area contributed by atoms with E-state index in [1.165, 1.54) is 43.1 Å². The second-order valence-electron chi connectivity index (χ2n) is 15.9. The van der Waals surface area contributed by atoms with Crippen LogP contribution in [0, 0.1) is 31.6 Å². The smallest absolute Gasteiger partial charge is 0.328 e. The predicted molar refractivity (Wildman–Crippen MR) is 221 cm³/mol. The van der Waals surface area contributed by atoms with E-state index >= 15 is 0 Å². The number of hydrogen-bond donors (Lipinski definition) is 1. The third kappa shape index (κ3) is 13.0. The number of aromatic hydroxyl groups is 1. The van der Waals surface area contributed by atoms with Crippen molar-refractivity contribution in [3.05, 3.63) is 101 Å². The number of hydrogen-bond acceptors (Lipinski definition) is 9. The minimum Gasteiger partial charge on any atom is -0.508 e. The Morgan fingerprint density at radius 3 is 1.51 bits per heavy atom. The lowest BCUT2D eigenvalue weighted by Gasteiger charge is -2.36. The molecule has 0 unspecified atom stereocenters. The fraction of sp³-hybridized carbons (Fsp3) is 0.500. The van der Waals surface area contributed by atoms with Gasteiger partial charge < -0.3 is 24.4 Å². The molecule has 310 valence electrons. The average molecular weight is 786 g/mol. The van der Waals surface area contributed by atoms with Crippen LogP contribution in [0.25, 0.3) is 0 Å². The van der Waals surface area contributed by atoms with Crippen molar-refractivity contribution in [3.63, 3.8) is 0 Å². The van der Waals surface area contributed by atoms with Crippen LogP contribution in [0.1, 0.15) is 68.4 Å². The maximum Gasteiger partial charge on any atom is 0.328 e. The molecular weight excluding hydrogens is 723 g/mol. The zero-order valence-electron chi connectivity index (χ0n) is 35.7. The lowest BCUT2D eigenvalue weighted by molar-refractivity contribution is -0.163. The summed E-state index contributed by atoms with van der Waals surface area (Å²) in [5, 5.41) is 9.95. The molecule has 0 bridgehead atoms. The number of likely N-dealkylation sites (N-methyl/N-ethyl adjacent to an activating group) is 3. The lowest BCUT2D eigenvalue weighted by Crippen LogP contribution is -2.55. The first kappa shape index (κ1) is 46.4. The summed E-state index contributed by atoms with van der Waals surface area (Å²) in [4.78, 5) is 74.7. The van der Waals surface area contributed by atoms with Crippen LogP contribution in [0.15, 0.2) is 72.8 Å². The maximum absolute atomic E-state index is 14.6. The number of phenolic OH excluding ortho intramolecular Hbond substituents is 1. The van der Waals surface area contributed by atoms with E-state index < -0.39 is 53.9 Å². The molecule has 3 aromatic carbocycles. The van der Waals surface area contributed by atoms with E-state index in [9.17, 15) is 29.1 Å². The molecule has 3 rings (SSSR count). The van der Waals surface area contributed by atoms with Crippen LogP contribution in [-0.4, -0.2) is 109 Å². The summed E-state index contributed by atoms with van der Waals surface area (Å²) in [7, 11) is 7.92. The Labute approximate surface area is 339 Å². The summed E-state index contributed by atoms with van der Waals surface area (Å²) in [6.45, 7) is 11.4. The summed E-state index contributed by atoms with van der Waals surface area (Å²) in [5.41, 5.74) is 4.63. The molecule has 1 N–H and O–H groups in total. The number of methoxy groups -OCH3 is 1. The van der Waals surface area contributed by atoms with Crippen LogP contribution in [-0.2, 0) is 52.7 Å². The van der Waals surface area contributed by atoms with Crippen LogP contribution in [0.4, 0.5) is 0 Å². The summed E-state index contributed by atoms with van der Waals surface area (Å²) in [6.07, 6.45) is -0.0562. The summed E-state index contributed by atoms with van der Waals surface area (Å²) in [5.74, 6) is -3.85. The van der Waals surface area contributed by atoms with E-state index in [4.69, 9.17) is 9.47 Å². The highest BCUT2D eigenvalue weighted by molar-refractivity contribution is 5.94. The normalized spacial score (nSPS) is 14.5. The number of phenols is 1. The second-order valence-corrected chi connectivity index (χ2v) is 15.9. The number of rotatable bonds is 20. The van der Waals surface area contributed by atoms with Crippen LogP contribution >= 0.6 is 0 Å². The third-order valence-electron chi connectivity index (χ3n) is 11.0. The van der Waals surface area contributed by atoms with Gasteiger partial charge >= 0.3 is 11.9 Å². The van der Waals surface area contributed by atoms with Crippen LogP contribution < -0.4 is 0 Å². The summed E-state index contributed by atoms with van der Waals surface area (Å²) >= 11 is 0. The second kappa shape index (κ2) is 21.5. The molecule has 6 atom stereocenters. The summed E-state index contributed by atoms with van der Waals surface area (Å²) in [6, 6.07) is 19.2. The summed E-state index contributed by atoms with van der Waals surface area (Å²) < 4.78 is 11.2. The molecule has 2 amide bonds. The van der Waals surface area contributed by atoms with Crippen molar-refractivity contribution in [1.29, 1.82) is 0 Å². The molecule has 0 heterocycles. The number of aryl methyl sites for hydroxylation is 2. The van der Waals surface area contributed by atoms with Gasteiger partial charge in [-0.3, -0.25) is 24.1 Å². The van der Waals surface area contributed by atoms with Crippen LogP contribution in [0.3, 0.4) is 0 Å². The molecule has 0 spiro atoms. The number of ether oxygens (including phenoxy) is 2. The SMILES string of the molecule is CC[C@H](C)[C@H](OC(=O)[C@@H](Cc1ccc(C)cc1)N(C)C)C(=O)C[C@@H](C(=O)N(C)[C@@H](Cc1ccc(O)cc1)C(=O)N(C)[C@H](Cc1ccc(C)cc1)C(=O)OC)C(C)C. The minimum absolute atomic E-state index is 0.0500. The monoisotopic (exact) mass is 785 g/mol. The number of ketones is 1. The third-order valence-corrected chi connectivity index (χ3v) is 11.0. The van der Waals surface area contributed by atoms with Crippen molar-refractivity contribution < 1.29 is 38.6 Å². The van der Waals surface area contributed by atoms with Gasteiger partial charge in [0.15, 0.2) is 11.9 Å². The van der Waals surface area contributed by atoms with Crippen molar-refractivity contribution in [1.82, 2.24) is 14.7 Å². The van der Waals surface area contributed by atoms with Crippen molar-refractivity contribution in [3.8, 4) is 5.75 Å². The van der Waals surface area contributed by atoms with Crippen molar-refractivity contribution in [2.75, 3.05) is 35.3 Å². The Hall–Kier alpha value is -5.03. The van der Waals surface area contributed by atoms with E-state index in [2.05, 4.69) is 0 Å². The fourth-order valence-electron chi connectivity index (χ4n) is 6.79. The van der Waals surface area contributed by atoms with Gasteiger partial charge in [-0.05, 0) is 75.5 Å². The van der Waals surface area contributed by atoms with Gasteiger partial charge in [0.05, 0.1) is 7.11 Å². The largest absolute Gasteiger partial charge is 0.508 e. The van der Waals surface area contributed by atoms with Crippen molar-refractivity contribution in [2.24, 2.45) is 17.8 Å². The first-order chi connectivity index (χ1) is 26.9. The molecule has 3 aromatic rings. The molecule has 0 aliphatic heterocycles. The quantitative estimate of drug-likeness (QED) is 0.137. The Morgan fingerprint density at radius 2 is 1.07 bits per heavy atom. The maximum atomic E-state index is 14.6. The molecule has 0 saturated heterocycles. The van der Waals surface area contributed by atoms with Crippen LogP contribution in [0.5, 0.6) is 5.75 Å². The molecule has 0 radical (unpaired) electrons. The standard InChI is InChI=1S/C46H63N3O8/c1-12-32(6)42(57-46(55)39(47(7)8)26-33-17-13-30(4)14-18-33)41(51)28-37(29(2)3)43(52)48(9)38(25-35-21-23-36(50)24-22-35)44(53)49(10)40(45(54)56-11)27-34-19-15-31(5)16-20-34/h13-24,29,32,37-40,42,50H,12,25-28H2,1-11H3/t32-,37+,38-,39+,40+,42-/m0/s1. The highest BCUT2D eigenvalue weighted by atomic mass is 16.5. The first-order valence-electron chi connectivity index (χ1n) is 19.8. The Bertz CT molecular complexity index is 1790. The van der Waals surface area contributed by atoms with Gasteiger partial charge in [0, 0.05) is 45.2 Å². The van der Waals surface area contributed by atoms with Crippen molar-refractivity contribution in [2.45, 2.75) is 97.9 Å². The first-order valence-corrected chi connectivity index (χ1v) is 19.8. The molecule has 0 aromatic heterocycles. The van der Waals surface area contributed by atoms with E-state index in [0.29, 0.717) is 18.4 Å². The van der Waals surface area contributed by atoms with Gasteiger partial charge in [0.1, 0.15) is 23.9 Å². The number of benzene rings is 3.